The molecule has 26 heavy (non-hydrogen) atoms. The highest BCUT2D eigenvalue weighted by Crippen LogP contribution is 2.29. The van der Waals surface area contributed by atoms with E-state index in [1.165, 1.54) is 11.1 Å². The van der Waals surface area contributed by atoms with Gasteiger partial charge in [-0.1, -0.05) is 36.4 Å². The number of aryl methyl sites for hydroxylation is 3. The van der Waals surface area contributed by atoms with Crippen LogP contribution in [0.5, 0.6) is 0 Å². The van der Waals surface area contributed by atoms with Crippen molar-refractivity contribution in [3.63, 3.8) is 0 Å². The lowest BCUT2D eigenvalue weighted by Crippen LogP contribution is -2.06. The largest absolute Gasteiger partial charge is 0.340 e. The predicted molar refractivity (Wildman–Crippen MR) is 107 cm³/mol. The van der Waals surface area contributed by atoms with Gasteiger partial charge in [-0.25, -0.2) is 4.98 Å². The maximum Gasteiger partial charge on any atom is 0.165 e. The molecule has 2 heterocycles. The van der Waals surface area contributed by atoms with Crippen LogP contribution in [0.2, 0.25) is 0 Å². The summed E-state index contributed by atoms with van der Waals surface area (Å²) in [4.78, 5) is 4.81. The van der Waals surface area contributed by atoms with Crippen LogP contribution in [0.4, 0.5) is 11.5 Å². The van der Waals surface area contributed by atoms with Gasteiger partial charge in [-0.05, 0) is 56.5 Å². The normalized spacial score (nSPS) is 11.1. The third kappa shape index (κ3) is 2.84. The molecule has 0 bridgehead atoms. The van der Waals surface area contributed by atoms with Gasteiger partial charge in [0.2, 0.25) is 0 Å². The Balaban J connectivity index is 1.89. The zero-order valence-corrected chi connectivity index (χ0v) is 15.5. The molecule has 0 spiro atoms. The maximum absolute atomic E-state index is 4.81. The Labute approximate surface area is 153 Å². The SMILES string of the molecule is Cc1cc(C)cc(Nc2c(C)c(C)nc3c(-c4ccccc4)cnn23)c1. The van der Waals surface area contributed by atoms with Crippen LogP contribution in [0.15, 0.2) is 54.7 Å². The molecule has 2 aromatic heterocycles. The molecule has 130 valence electrons. The van der Waals surface area contributed by atoms with Crippen molar-refractivity contribution in [2.24, 2.45) is 0 Å². The minimum atomic E-state index is 0.867. The van der Waals surface area contributed by atoms with Crippen molar-refractivity contribution in [3.05, 3.63) is 77.1 Å². The molecule has 2 aromatic carbocycles. The summed E-state index contributed by atoms with van der Waals surface area (Å²) >= 11 is 0. The van der Waals surface area contributed by atoms with Crippen LogP contribution in [-0.4, -0.2) is 14.6 Å². The maximum atomic E-state index is 4.81. The van der Waals surface area contributed by atoms with Gasteiger partial charge in [-0.15, -0.1) is 0 Å². The summed E-state index contributed by atoms with van der Waals surface area (Å²) in [5.74, 6) is 0.958. The Morgan fingerprint density at radius 1 is 0.885 bits per heavy atom. The lowest BCUT2D eigenvalue weighted by molar-refractivity contribution is 0.924. The minimum Gasteiger partial charge on any atom is -0.340 e. The fourth-order valence-corrected chi connectivity index (χ4v) is 3.34. The number of aromatic nitrogens is 3. The van der Waals surface area contributed by atoms with Crippen molar-refractivity contribution >= 4 is 17.2 Å². The molecule has 0 fully saturated rings. The summed E-state index contributed by atoms with van der Waals surface area (Å²) in [6, 6.07) is 16.7. The highest BCUT2D eigenvalue weighted by molar-refractivity contribution is 5.79. The summed E-state index contributed by atoms with van der Waals surface area (Å²) in [6.07, 6.45) is 1.89. The summed E-state index contributed by atoms with van der Waals surface area (Å²) in [5, 5.41) is 8.19. The van der Waals surface area contributed by atoms with Crippen molar-refractivity contribution in [2.75, 3.05) is 5.32 Å². The molecule has 0 atom stereocenters. The van der Waals surface area contributed by atoms with Gasteiger partial charge in [0.25, 0.3) is 0 Å². The molecule has 0 aliphatic rings. The van der Waals surface area contributed by atoms with E-state index in [1.807, 2.05) is 35.8 Å². The molecule has 0 saturated heterocycles. The second kappa shape index (κ2) is 6.30. The smallest absolute Gasteiger partial charge is 0.165 e. The molecule has 4 rings (SSSR count). The van der Waals surface area contributed by atoms with Gasteiger partial charge in [-0.3, -0.25) is 0 Å². The van der Waals surface area contributed by atoms with E-state index in [0.717, 1.165) is 39.5 Å². The van der Waals surface area contributed by atoms with Crippen molar-refractivity contribution in [1.29, 1.82) is 0 Å². The Morgan fingerprint density at radius 2 is 1.58 bits per heavy atom. The topological polar surface area (TPSA) is 42.2 Å². The number of benzene rings is 2. The monoisotopic (exact) mass is 342 g/mol. The van der Waals surface area contributed by atoms with Crippen molar-refractivity contribution < 1.29 is 0 Å². The van der Waals surface area contributed by atoms with Gasteiger partial charge in [0.15, 0.2) is 5.65 Å². The van der Waals surface area contributed by atoms with Crippen molar-refractivity contribution in [3.8, 4) is 11.1 Å². The number of hydrogen-bond donors (Lipinski definition) is 1. The molecule has 0 amide bonds. The summed E-state index contributed by atoms with van der Waals surface area (Å²) in [5.41, 5.74) is 8.66. The van der Waals surface area contributed by atoms with E-state index in [0.29, 0.717) is 0 Å². The van der Waals surface area contributed by atoms with Gasteiger partial charge in [0.05, 0.1) is 6.20 Å². The molecular formula is C22H22N4. The molecule has 4 heteroatoms. The molecule has 4 nitrogen and oxygen atoms in total. The van der Waals surface area contributed by atoms with Crippen LogP contribution >= 0.6 is 0 Å². The van der Waals surface area contributed by atoms with Crippen LogP contribution in [0.1, 0.15) is 22.4 Å². The highest BCUT2D eigenvalue weighted by atomic mass is 15.3. The number of hydrogen-bond acceptors (Lipinski definition) is 3. The van der Waals surface area contributed by atoms with E-state index in [4.69, 9.17) is 4.98 Å². The molecule has 0 radical (unpaired) electrons. The zero-order chi connectivity index (χ0) is 18.3. The fraction of sp³-hybridized carbons (Fsp3) is 0.182. The van der Waals surface area contributed by atoms with Crippen LogP contribution in [0.3, 0.4) is 0 Å². The number of fused-ring (bicyclic) bond motifs is 1. The van der Waals surface area contributed by atoms with Crippen LogP contribution < -0.4 is 5.32 Å². The van der Waals surface area contributed by atoms with E-state index in [-0.39, 0.29) is 0 Å². The van der Waals surface area contributed by atoms with Gasteiger partial charge < -0.3 is 5.32 Å². The first-order valence-electron chi connectivity index (χ1n) is 8.78. The first kappa shape index (κ1) is 16.3. The average Bonchev–Trinajstić information content (AvgIpc) is 3.02. The fourth-order valence-electron chi connectivity index (χ4n) is 3.34. The van der Waals surface area contributed by atoms with E-state index in [9.17, 15) is 0 Å². The Morgan fingerprint density at radius 3 is 2.27 bits per heavy atom. The van der Waals surface area contributed by atoms with Gasteiger partial charge in [-0.2, -0.15) is 9.61 Å². The Hall–Kier alpha value is -3.14. The van der Waals surface area contributed by atoms with Gasteiger partial charge in [0, 0.05) is 22.5 Å². The van der Waals surface area contributed by atoms with E-state index in [1.54, 1.807) is 0 Å². The van der Waals surface area contributed by atoms with E-state index in [2.05, 4.69) is 61.5 Å². The first-order chi connectivity index (χ1) is 12.5. The second-order valence-electron chi connectivity index (χ2n) is 6.83. The standard InChI is InChI=1S/C22H22N4/c1-14-10-15(2)12-19(11-14)25-21-16(3)17(4)24-22-20(13-23-26(21)22)18-8-6-5-7-9-18/h5-13,25H,1-4H3. The van der Waals surface area contributed by atoms with E-state index >= 15 is 0 Å². The Bertz CT molecular complexity index is 1070. The lowest BCUT2D eigenvalue weighted by Gasteiger charge is -2.14. The average molecular weight is 342 g/mol. The van der Waals surface area contributed by atoms with Gasteiger partial charge >= 0.3 is 0 Å². The van der Waals surface area contributed by atoms with Crippen LogP contribution in [-0.2, 0) is 0 Å². The third-order valence-corrected chi connectivity index (χ3v) is 4.70. The summed E-state index contributed by atoms with van der Waals surface area (Å²) < 4.78 is 1.91. The quantitative estimate of drug-likeness (QED) is 0.544. The molecule has 1 N–H and O–H groups in total. The van der Waals surface area contributed by atoms with Crippen LogP contribution in [0.25, 0.3) is 16.8 Å². The number of anilines is 2. The number of nitrogens with one attached hydrogen (secondary N) is 1. The molecular weight excluding hydrogens is 320 g/mol. The van der Waals surface area contributed by atoms with Crippen LogP contribution in [0, 0.1) is 27.7 Å². The van der Waals surface area contributed by atoms with Crippen molar-refractivity contribution in [2.45, 2.75) is 27.7 Å². The highest BCUT2D eigenvalue weighted by Gasteiger charge is 2.15. The summed E-state index contributed by atoms with van der Waals surface area (Å²) in [7, 11) is 0. The third-order valence-electron chi connectivity index (χ3n) is 4.70. The molecule has 4 aromatic rings. The Kier molecular flexibility index (Phi) is 3.96. The number of rotatable bonds is 3. The molecule has 0 unspecified atom stereocenters. The zero-order valence-electron chi connectivity index (χ0n) is 15.5. The molecule has 0 aliphatic carbocycles. The van der Waals surface area contributed by atoms with Crippen molar-refractivity contribution in [1.82, 2.24) is 14.6 Å². The first-order valence-corrected chi connectivity index (χ1v) is 8.78. The lowest BCUT2D eigenvalue weighted by atomic mass is 10.1. The molecule has 0 aliphatic heterocycles. The molecule has 0 saturated carbocycles. The minimum absolute atomic E-state index is 0.867. The summed E-state index contributed by atoms with van der Waals surface area (Å²) in [6.45, 7) is 8.35. The predicted octanol–water partition coefficient (Wildman–Crippen LogP) is 5.37. The number of nitrogens with zero attached hydrogens (tertiary/aromatic N) is 3. The van der Waals surface area contributed by atoms with Gasteiger partial charge in [0.1, 0.15) is 5.82 Å². The van der Waals surface area contributed by atoms with E-state index < -0.39 is 0 Å². The second-order valence-corrected chi connectivity index (χ2v) is 6.83.